The van der Waals surface area contributed by atoms with Crippen molar-refractivity contribution in [2.75, 3.05) is 40.5 Å². The normalized spacial score (nSPS) is 17.0. The molecule has 22 heavy (non-hydrogen) atoms. The molecule has 0 atom stereocenters. The van der Waals surface area contributed by atoms with Crippen LogP contribution in [0.15, 0.2) is 24.3 Å². The summed E-state index contributed by atoms with van der Waals surface area (Å²) in [5, 5.41) is 6.43. The summed E-state index contributed by atoms with van der Waals surface area (Å²) in [4.78, 5) is 12.2. The van der Waals surface area contributed by atoms with Gasteiger partial charge < -0.3 is 20.1 Å². The van der Waals surface area contributed by atoms with E-state index in [-0.39, 0.29) is 11.3 Å². The van der Waals surface area contributed by atoms with E-state index in [0.717, 1.165) is 37.2 Å². The molecular weight excluding hydrogens is 280 g/mol. The van der Waals surface area contributed by atoms with Crippen molar-refractivity contribution >= 4 is 5.91 Å². The molecule has 5 nitrogen and oxygen atoms in total. The molecule has 1 aliphatic rings. The summed E-state index contributed by atoms with van der Waals surface area (Å²) in [6, 6.07) is 7.63. The fourth-order valence-electron chi connectivity index (χ4n) is 3.01. The van der Waals surface area contributed by atoms with Crippen LogP contribution in [-0.2, 0) is 16.0 Å². The van der Waals surface area contributed by atoms with Gasteiger partial charge in [-0.25, -0.2) is 0 Å². The number of carbonyl (C=O) groups is 1. The van der Waals surface area contributed by atoms with Crippen LogP contribution in [0.1, 0.15) is 18.4 Å². The van der Waals surface area contributed by atoms with Gasteiger partial charge in [0.1, 0.15) is 5.75 Å². The minimum absolute atomic E-state index is 0.0264. The molecule has 1 saturated heterocycles. The third-order valence-corrected chi connectivity index (χ3v) is 4.32. The average molecular weight is 306 g/mol. The highest BCUT2D eigenvalue weighted by Gasteiger charge is 2.32. The highest BCUT2D eigenvalue weighted by molar-refractivity contribution is 5.79. The minimum Gasteiger partial charge on any atom is -0.496 e. The Balaban J connectivity index is 1.91. The van der Waals surface area contributed by atoms with Crippen LogP contribution < -0.4 is 15.4 Å². The molecule has 0 aromatic heterocycles. The van der Waals surface area contributed by atoms with E-state index >= 15 is 0 Å². The Morgan fingerprint density at radius 1 is 1.27 bits per heavy atom. The summed E-state index contributed by atoms with van der Waals surface area (Å²) >= 11 is 0. The Labute approximate surface area is 132 Å². The number of hydrogen-bond acceptors (Lipinski definition) is 4. The van der Waals surface area contributed by atoms with Crippen LogP contribution >= 0.6 is 0 Å². The molecule has 2 rings (SSSR count). The largest absolute Gasteiger partial charge is 0.496 e. The van der Waals surface area contributed by atoms with Crippen molar-refractivity contribution < 1.29 is 14.3 Å². The fraction of sp³-hybridized carbons (Fsp3) is 0.588. The first kappa shape index (κ1) is 16.8. The van der Waals surface area contributed by atoms with Gasteiger partial charge in [-0.15, -0.1) is 0 Å². The maximum atomic E-state index is 12.2. The van der Waals surface area contributed by atoms with Crippen molar-refractivity contribution in [2.45, 2.75) is 19.3 Å². The number of amides is 1. The van der Waals surface area contributed by atoms with Crippen LogP contribution in [-0.4, -0.2) is 46.4 Å². The third-order valence-electron chi connectivity index (χ3n) is 4.32. The molecule has 0 aliphatic carbocycles. The molecule has 1 aromatic rings. The second-order valence-corrected chi connectivity index (χ2v) is 5.95. The van der Waals surface area contributed by atoms with E-state index < -0.39 is 0 Å². The Morgan fingerprint density at radius 3 is 2.68 bits per heavy atom. The van der Waals surface area contributed by atoms with Crippen molar-refractivity contribution in [3.63, 3.8) is 0 Å². The standard InChI is InChI=1S/C17H26N2O3/c1-21-13-17(7-9-18-10-8-17)12-19-16(20)11-14-5-3-4-6-15(14)22-2/h3-6,18H,7-13H2,1-2H3,(H,19,20). The van der Waals surface area contributed by atoms with Crippen LogP contribution in [0.3, 0.4) is 0 Å². The monoisotopic (exact) mass is 306 g/mol. The number of carbonyl (C=O) groups excluding carboxylic acids is 1. The van der Waals surface area contributed by atoms with Gasteiger partial charge in [0.2, 0.25) is 5.91 Å². The third kappa shape index (κ3) is 4.45. The van der Waals surface area contributed by atoms with Crippen LogP contribution in [0.25, 0.3) is 0 Å². The van der Waals surface area contributed by atoms with Crippen LogP contribution in [0.2, 0.25) is 0 Å². The van der Waals surface area contributed by atoms with Crippen LogP contribution in [0, 0.1) is 5.41 Å². The molecule has 0 bridgehead atoms. The lowest BCUT2D eigenvalue weighted by Crippen LogP contribution is -2.47. The molecule has 5 heteroatoms. The summed E-state index contributed by atoms with van der Waals surface area (Å²) in [7, 11) is 3.35. The predicted octanol–water partition coefficient (Wildman–Crippen LogP) is 1.37. The number of methoxy groups -OCH3 is 2. The number of hydrogen-bond donors (Lipinski definition) is 2. The molecule has 1 aliphatic heterocycles. The lowest BCUT2D eigenvalue weighted by atomic mass is 9.79. The molecule has 0 unspecified atom stereocenters. The number of benzene rings is 1. The maximum Gasteiger partial charge on any atom is 0.224 e. The molecular formula is C17H26N2O3. The summed E-state index contributed by atoms with van der Waals surface area (Å²) in [5.41, 5.74) is 0.963. The molecule has 0 radical (unpaired) electrons. The zero-order valence-corrected chi connectivity index (χ0v) is 13.5. The SMILES string of the molecule is COCC1(CNC(=O)Cc2ccccc2OC)CCNCC1. The van der Waals surface area contributed by atoms with Crippen molar-refractivity contribution in [1.29, 1.82) is 0 Å². The Hall–Kier alpha value is -1.59. The van der Waals surface area contributed by atoms with Crippen LogP contribution in [0.5, 0.6) is 5.75 Å². The second-order valence-electron chi connectivity index (χ2n) is 5.95. The molecule has 1 aromatic carbocycles. The van der Waals surface area contributed by atoms with Gasteiger partial charge >= 0.3 is 0 Å². The summed E-state index contributed by atoms with van der Waals surface area (Å²) < 4.78 is 10.7. The van der Waals surface area contributed by atoms with Gasteiger partial charge in [-0.05, 0) is 32.0 Å². The minimum atomic E-state index is 0.0264. The van der Waals surface area contributed by atoms with Gasteiger partial charge in [-0.3, -0.25) is 4.79 Å². The lowest BCUT2D eigenvalue weighted by molar-refractivity contribution is -0.121. The predicted molar refractivity (Wildman–Crippen MR) is 86.1 cm³/mol. The van der Waals surface area contributed by atoms with E-state index in [1.54, 1.807) is 14.2 Å². The lowest BCUT2D eigenvalue weighted by Gasteiger charge is -2.37. The molecule has 122 valence electrons. The van der Waals surface area contributed by atoms with E-state index in [4.69, 9.17) is 9.47 Å². The molecule has 0 saturated carbocycles. The first-order valence-electron chi connectivity index (χ1n) is 7.77. The quantitative estimate of drug-likeness (QED) is 0.799. The van der Waals surface area contributed by atoms with E-state index in [9.17, 15) is 4.79 Å². The highest BCUT2D eigenvalue weighted by atomic mass is 16.5. The first-order valence-corrected chi connectivity index (χ1v) is 7.77. The number of para-hydroxylation sites is 1. The molecule has 1 heterocycles. The van der Waals surface area contributed by atoms with Crippen molar-refractivity contribution in [1.82, 2.24) is 10.6 Å². The molecule has 1 amide bonds. The fourth-order valence-corrected chi connectivity index (χ4v) is 3.01. The number of piperidine rings is 1. The summed E-state index contributed by atoms with van der Waals surface area (Å²) in [5.74, 6) is 0.782. The Kier molecular flexibility index (Phi) is 6.21. The topological polar surface area (TPSA) is 59.6 Å². The summed E-state index contributed by atoms with van der Waals surface area (Å²) in [6.45, 7) is 3.30. The zero-order chi connectivity index (χ0) is 15.8. The van der Waals surface area contributed by atoms with Crippen LogP contribution in [0.4, 0.5) is 0 Å². The number of rotatable bonds is 7. The van der Waals surface area contributed by atoms with E-state index in [1.807, 2.05) is 24.3 Å². The Bertz CT molecular complexity index is 479. The highest BCUT2D eigenvalue weighted by Crippen LogP contribution is 2.28. The van der Waals surface area contributed by atoms with E-state index in [2.05, 4.69) is 10.6 Å². The van der Waals surface area contributed by atoms with E-state index in [0.29, 0.717) is 19.6 Å². The van der Waals surface area contributed by atoms with Crippen molar-refractivity contribution in [2.24, 2.45) is 5.41 Å². The first-order chi connectivity index (χ1) is 10.7. The van der Waals surface area contributed by atoms with Gasteiger partial charge in [-0.2, -0.15) is 0 Å². The van der Waals surface area contributed by atoms with Gasteiger partial charge in [0.05, 0.1) is 20.1 Å². The number of ether oxygens (including phenoxy) is 2. The van der Waals surface area contributed by atoms with Gasteiger partial charge in [0.25, 0.3) is 0 Å². The summed E-state index contributed by atoms with van der Waals surface area (Å²) in [6.07, 6.45) is 2.39. The average Bonchev–Trinajstić information content (AvgIpc) is 2.55. The Morgan fingerprint density at radius 2 is 2.00 bits per heavy atom. The van der Waals surface area contributed by atoms with Crippen molar-refractivity contribution in [3.8, 4) is 5.75 Å². The van der Waals surface area contributed by atoms with Gasteiger partial charge in [-0.1, -0.05) is 18.2 Å². The molecule has 1 fully saturated rings. The maximum absolute atomic E-state index is 12.2. The molecule has 2 N–H and O–H groups in total. The second kappa shape index (κ2) is 8.15. The van der Waals surface area contributed by atoms with Gasteiger partial charge in [0.15, 0.2) is 0 Å². The molecule has 0 spiro atoms. The number of nitrogens with one attached hydrogen (secondary N) is 2. The van der Waals surface area contributed by atoms with Crippen molar-refractivity contribution in [3.05, 3.63) is 29.8 Å². The van der Waals surface area contributed by atoms with E-state index in [1.165, 1.54) is 0 Å². The smallest absolute Gasteiger partial charge is 0.224 e. The zero-order valence-electron chi connectivity index (χ0n) is 13.5. The van der Waals surface area contributed by atoms with Gasteiger partial charge in [0, 0.05) is 24.6 Å².